The lowest BCUT2D eigenvalue weighted by atomic mass is 9.96. The second kappa shape index (κ2) is 3.20. The van der Waals surface area contributed by atoms with Crippen molar-refractivity contribution < 1.29 is 4.39 Å². The minimum atomic E-state index is -0.0787. The van der Waals surface area contributed by atoms with Crippen molar-refractivity contribution in [1.82, 2.24) is 0 Å². The Kier molecular flexibility index (Phi) is 1.96. The minimum Gasteiger partial charge on any atom is -0.353 e. The summed E-state index contributed by atoms with van der Waals surface area (Å²) in [6.07, 6.45) is 4.16. The zero-order chi connectivity index (χ0) is 10.4. The van der Waals surface area contributed by atoms with Gasteiger partial charge >= 0.3 is 0 Å². The van der Waals surface area contributed by atoms with Crippen molar-refractivity contribution in [1.29, 1.82) is 0 Å². The average Bonchev–Trinajstić information content (AvgIpc) is 2.61. The number of benzene rings is 1. The van der Waals surface area contributed by atoms with Crippen LogP contribution in [0.2, 0.25) is 0 Å². The van der Waals surface area contributed by atoms with Gasteiger partial charge in [0.1, 0.15) is 5.82 Å². The highest BCUT2D eigenvalue weighted by Crippen LogP contribution is 2.38. The molecular formula is C12H15FN2. The molecule has 0 amide bonds. The number of hydrogen-bond acceptors (Lipinski definition) is 2. The summed E-state index contributed by atoms with van der Waals surface area (Å²) >= 11 is 0. The molecule has 0 radical (unpaired) electrons. The van der Waals surface area contributed by atoms with Crippen molar-refractivity contribution in [2.75, 3.05) is 4.90 Å². The maximum atomic E-state index is 13.6. The van der Waals surface area contributed by atoms with Crippen LogP contribution in [0.4, 0.5) is 10.1 Å². The van der Waals surface area contributed by atoms with Crippen LogP contribution in [-0.2, 0) is 6.42 Å². The van der Waals surface area contributed by atoms with Gasteiger partial charge in [-0.2, -0.15) is 0 Å². The molecule has 0 spiro atoms. The fourth-order valence-corrected chi connectivity index (χ4v) is 2.92. The summed E-state index contributed by atoms with van der Waals surface area (Å²) in [6.45, 7) is 0. The lowest BCUT2D eigenvalue weighted by molar-refractivity contribution is 0.535. The molecule has 0 aromatic heterocycles. The molecule has 0 saturated carbocycles. The van der Waals surface area contributed by atoms with E-state index in [2.05, 4.69) is 4.90 Å². The van der Waals surface area contributed by atoms with Gasteiger partial charge in [-0.15, -0.1) is 0 Å². The lowest BCUT2D eigenvalue weighted by Gasteiger charge is -2.36. The molecule has 1 saturated heterocycles. The monoisotopic (exact) mass is 206 g/mol. The molecule has 0 bridgehead atoms. The van der Waals surface area contributed by atoms with Gasteiger partial charge < -0.3 is 10.6 Å². The predicted molar refractivity (Wildman–Crippen MR) is 58.2 cm³/mol. The minimum absolute atomic E-state index is 0.0787. The molecule has 2 atom stereocenters. The number of hydrogen-bond donors (Lipinski definition) is 1. The van der Waals surface area contributed by atoms with Crippen LogP contribution in [0.15, 0.2) is 18.2 Å². The highest BCUT2D eigenvalue weighted by Gasteiger charge is 2.35. The molecule has 2 N–H and O–H groups in total. The van der Waals surface area contributed by atoms with Crippen LogP contribution in [0.3, 0.4) is 0 Å². The van der Waals surface area contributed by atoms with E-state index in [1.807, 2.05) is 6.07 Å². The largest absolute Gasteiger partial charge is 0.353 e. The molecule has 2 heterocycles. The van der Waals surface area contributed by atoms with Gasteiger partial charge in [-0.1, -0.05) is 6.07 Å². The highest BCUT2D eigenvalue weighted by atomic mass is 19.1. The first kappa shape index (κ1) is 9.16. The molecule has 1 aromatic carbocycles. The van der Waals surface area contributed by atoms with Gasteiger partial charge in [-0.25, -0.2) is 4.39 Å². The van der Waals surface area contributed by atoms with Gasteiger partial charge in [0.15, 0.2) is 0 Å². The fourth-order valence-electron chi connectivity index (χ4n) is 2.92. The second-order valence-corrected chi connectivity index (χ2v) is 4.48. The molecule has 80 valence electrons. The molecule has 0 aliphatic carbocycles. The number of anilines is 1. The van der Waals surface area contributed by atoms with Crippen molar-refractivity contribution in [2.24, 2.45) is 5.73 Å². The molecule has 2 aliphatic rings. The van der Waals surface area contributed by atoms with E-state index in [1.165, 1.54) is 0 Å². The molecule has 3 rings (SSSR count). The van der Waals surface area contributed by atoms with E-state index in [-0.39, 0.29) is 12.0 Å². The maximum Gasteiger partial charge on any atom is 0.128 e. The number of fused-ring (bicyclic) bond motifs is 3. The molecule has 1 fully saturated rings. The van der Waals surface area contributed by atoms with Crippen LogP contribution in [0.1, 0.15) is 24.8 Å². The summed E-state index contributed by atoms with van der Waals surface area (Å²) in [5.74, 6) is -0.0787. The third kappa shape index (κ3) is 1.26. The topological polar surface area (TPSA) is 29.3 Å². The SMILES string of the molecule is NC1CCC2CCc3c(F)cccc3N12. The Morgan fingerprint density at radius 2 is 2.13 bits per heavy atom. The van der Waals surface area contributed by atoms with E-state index in [0.717, 1.165) is 36.9 Å². The number of halogens is 1. The molecule has 15 heavy (non-hydrogen) atoms. The van der Waals surface area contributed by atoms with Crippen LogP contribution in [-0.4, -0.2) is 12.2 Å². The third-order valence-electron chi connectivity index (χ3n) is 3.65. The lowest BCUT2D eigenvalue weighted by Crippen LogP contribution is -2.44. The number of nitrogens with two attached hydrogens (primary N) is 1. The maximum absolute atomic E-state index is 13.6. The van der Waals surface area contributed by atoms with Gasteiger partial charge in [0.05, 0.1) is 6.17 Å². The molecular weight excluding hydrogens is 191 g/mol. The van der Waals surface area contributed by atoms with Gasteiger partial charge in [-0.3, -0.25) is 0 Å². The Hall–Kier alpha value is -1.09. The molecule has 2 nitrogen and oxygen atoms in total. The molecule has 2 unspecified atom stereocenters. The first-order valence-corrected chi connectivity index (χ1v) is 5.58. The van der Waals surface area contributed by atoms with Gasteiger partial charge in [0.2, 0.25) is 0 Å². The summed E-state index contributed by atoms with van der Waals surface area (Å²) in [5, 5.41) is 0. The number of nitrogens with zero attached hydrogens (tertiary/aromatic N) is 1. The Morgan fingerprint density at radius 1 is 1.27 bits per heavy atom. The van der Waals surface area contributed by atoms with Crippen molar-refractivity contribution >= 4 is 5.69 Å². The summed E-state index contributed by atoms with van der Waals surface area (Å²) in [6, 6.07) is 5.85. The van der Waals surface area contributed by atoms with Crippen LogP contribution in [0, 0.1) is 5.82 Å². The van der Waals surface area contributed by atoms with Gasteiger partial charge in [0, 0.05) is 17.3 Å². The predicted octanol–water partition coefficient (Wildman–Crippen LogP) is 2.03. The quantitative estimate of drug-likeness (QED) is 0.703. The van der Waals surface area contributed by atoms with E-state index in [0.29, 0.717) is 6.04 Å². The van der Waals surface area contributed by atoms with Gasteiger partial charge in [0.25, 0.3) is 0 Å². The highest BCUT2D eigenvalue weighted by molar-refractivity contribution is 5.58. The van der Waals surface area contributed by atoms with E-state index >= 15 is 0 Å². The zero-order valence-electron chi connectivity index (χ0n) is 8.62. The molecule has 2 aliphatic heterocycles. The summed E-state index contributed by atoms with van der Waals surface area (Å²) < 4.78 is 13.6. The summed E-state index contributed by atoms with van der Waals surface area (Å²) in [7, 11) is 0. The summed E-state index contributed by atoms with van der Waals surface area (Å²) in [4.78, 5) is 2.21. The fraction of sp³-hybridized carbons (Fsp3) is 0.500. The Labute approximate surface area is 88.9 Å². The van der Waals surface area contributed by atoms with E-state index in [4.69, 9.17) is 5.73 Å². The van der Waals surface area contributed by atoms with E-state index in [9.17, 15) is 4.39 Å². The Bertz CT molecular complexity index is 391. The zero-order valence-corrected chi connectivity index (χ0v) is 8.62. The van der Waals surface area contributed by atoms with E-state index < -0.39 is 0 Å². The van der Waals surface area contributed by atoms with Gasteiger partial charge in [-0.05, 0) is 37.8 Å². The van der Waals surface area contributed by atoms with Crippen molar-refractivity contribution in [3.05, 3.63) is 29.6 Å². The number of rotatable bonds is 0. The third-order valence-corrected chi connectivity index (χ3v) is 3.65. The normalized spacial score (nSPS) is 28.8. The molecule has 3 heteroatoms. The summed E-state index contributed by atoms with van der Waals surface area (Å²) in [5.41, 5.74) is 7.93. The smallest absolute Gasteiger partial charge is 0.128 e. The van der Waals surface area contributed by atoms with Crippen molar-refractivity contribution in [2.45, 2.75) is 37.9 Å². The first-order valence-electron chi connectivity index (χ1n) is 5.58. The van der Waals surface area contributed by atoms with E-state index in [1.54, 1.807) is 12.1 Å². The second-order valence-electron chi connectivity index (χ2n) is 4.48. The van der Waals surface area contributed by atoms with Crippen molar-refractivity contribution in [3.8, 4) is 0 Å². The first-order chi connectivity index (χ1) is 7.27. The average molecular weight is 206 g/mol. The standard InChI is InChI=1S/C12H15FN2/c13-10-2-1-3-11-9(10)6-4-8-5-7-12(14)15(8)11/h1-3,8,12H,4-7,14H2. The van der Waals surface area contributed by atoms with Crippen molar-refractivity contribution in [3.63, 3.8) is 0 Å². The van der Waals surface area contributed by atoms with Crippen LogP contribution < -0.4 is 10.6 Å². The Morgan fingerprint density at radius 3 is 3.00 bits per heavy atom. The molecule has 1 aromatic rings. The van der Waals surface area contributed by atoms with Crippen LogP contribution >= 0.6 is 0 Å². The Balaban J connectivity index is 2.10. The van der Waals surface area contributed by atoms with Crippen LogP contribution in [0.25, 0.3) is 0 Å². The van der Waals surface area contributed by atoms with Crippen LogP contribution in [0.5, 0.6) is 0 Å².